The predicted molar refractivity (Wildman–Crippen MR) is 108 cm³/mol. The van der Waals surface area contributed by atoms with Gasteiger partial charge in [-0.05, 0) is 36.8 Å². The monoisotopic (exact) mass is 434 g/mol. The van der Waals surface area contributed by atoms with Crippen LogP contribution in [-0.4, -0.2) is 31.2 Å². The molecule has 1 saturated carbocycles. The molecule has 2 N–H and O–H groups in total. The molecule has 3 unspecified atom stereocenters. The first-order valence-electron chi connectivity index (χ1n) is 10.3. The predicted octanol–water partition coefficient (Wildman–Crippen LogP) is 4.02. The summed E-state index contributed by atoms with van der Waals surface area (Å²) in [5, 5.41) is 6.29. The minimum absolute atomic E-state index is 0.253. The van der Waals surface area contributed by atoms with E-state index in [0.717, 1.165) is 24.0 Å². The lowest BCUT2D eigenvalue weighted by atomic mass is 9.82. The van der Waals surface area contributed by atoms with Crippen molar-refractivity contribution in [3.05, 3.63) is 71.8 Å². The van der Waals surface area contributed by atoms with Crippen LogP contribution in [0.3, 0.4) is 0 Å². The van der Waals surface area contributed by atoms with Crippen LogP contribution in [0.15, 0.2) is 60.7 Å². The van der Waals surface area contributed by atoms with Crippen molar-refractivity contribution in [1.29, 1.82) is 0 Å². The summed E-state index contributed by atoms with van der Waals surface area (Å²) in [5.74, 6) is -3.71. The number of carbonyl (C=O) groups excluding carboxylic acids is 1. The van der Waals surface area contributed by atoms with Crippen molar-refractivity contribution in [3.8, 4) is 0 Å². The Balaban J connectivity index is 1.70. The summed E-state index contributed by atoms with van der Waals surface area (Å²) >= 11 is 0. The summed E-state index contributed by atoms with van der Waals surface area (Å²) in [4.78, 5) is 11.8. The highest BCUT2D eigenvalue weighted by atomic mass is 19.4. The number of rotatable bonds is 7. The van der Waals surface area contributed by atoms with Gasteiger partial charge in [-0.2, -0.15) is 13.2 Å². The van der Waals surface area contributed by atoms with E-state index in [1.807, 2.05) is 67.6 Å². The maximum absolute atomic E-state index is 13.1. The summed E-state index contributed by atoms with van der Waals surface area (Å²) in [6.45, 7) is 2.03. The lowest BCUT2D eigenvalue weighted by Gasteiger charge is -2.33. The minimum atomic E-state index is -5.12. The van der Waals surface area contributed by atoms with Gasteiger partial charge in [0.2, 0.25) is 5.85 Å². The molecule has 2 fully saturated rings. The molecule has 166 valence electrons. The number of hydrogen-bond donors (Lipinski definition) is 2. The second-order valence-corrected chi connectivity index (χ2v) is 8.35. The number of esters is 1. The largest absolute Gasteiger partial charge is 0.491 e. The van der Waals surface area contributed by atoms with E-state index < -0.39 is 29.6 Å². The third kappa shape index (κ3) is 4.76. The Kier molecular flexibility index (Phi) is 5.81. The second-order valence-electron chi connectivity index (χ2n) is 8.35. The molecule has 0 amide bonds. The van der Waals surface area contributed by atoms with Crippen molar-refractivity contribution in [3.63, 3.8) is 0 Å². The number of carbonyl (C=O) groups is 1. The van der Waals surface area contributed by atoms with Crippen LogP contribution in [0.1, 0.15) is 36.9 Å². The molecule has 0 bridgehead atoms. The molecule has 0 radical (unpaired) electrons. The van der Waals surface area contributed by atoms with Crippen LogP contribution in [0, 0.1) is 5.92 Å². The number of alkyl halides is 3. The Morgan fingerprint density at radius 3 is 2.26 bits per heavy atom. The molecular weight excluding hydrogens is 409 g/mol. The maximum atomic E-state index is 13.1. The van der Waals surface area contributed by atoms with Gasteiger partial charge in [0.15, 0.2) is 0 Å². The summed E-state index contributed by atoms with van der Waals surface area (Å²) in [5.41, 5.74) is 0.800. The first-order chi connectivity index (χ1) is 14.7. The molecule has 0 spiro atoms. The lowest BCUT2D eigenvalue weighted by molar-refractivity contribution is -0.224. The molecule has 3 atom stereocenters. The van der Waals surface area contributed by atoms with Gasteiger partial charge in [0.25, 0.3) is 0 Å². The first-order valence-corrected chi connectivity index (χ1v) is 10.3. The van der Waals surface area contributed by atoms with Gasteiger partial charge >= 0.3 is 12.1 Å². The van der Waals surface area contributed by atoms with Crippen LogP contribution >= 0.6 is 0 Å². The summed E-state index contributed by atoms with van der Waals surface area (Å²) < 4.78 is 50.0. The van der Waals surface area contributed by atoms with E-state index in [1.54, 1.807) is 0 Å². The zero-order chi connectivity index (χ0) is 22.1. The van der Waals surface area contributed by atoms with Gasteiger partial charge in [-0.3, -0.25) is 10.6 Å². The summed E-state index contributed by atoms with van der Waals surface area (Å²) in [7, 11) is 0. The molecule has 1 aliphatic carbocycles. The molecule has 2 aromatic rings. The summed E-state index contributed by atoms with van der Waals surface area (Å²) in [6.07, 6.45) is -3.06. The van der Waals surface area contributed by atoms with Gasteiger partial charge in [-0.1, -0.05) is 60.7 Å². The van der Waals surface area contributed by atoms with E-state index >= 15 is 0 Å². The van der Waals surface area contributed by atoms with Gasteiger partial charge in [-0.15, -0.1) is 0 Å². The standard InChI is InChI=1S/C23H25F3N2O3/c1-21(18-10-6-3-7-11-18)19(17-8-4-2-5-9-17)27-22(28-21,15-30-14-16-12-13-16)31-20(29)23(24,25)26/h2-11,16,19,27-28H,12-15H2,1H3. The fourth-order valence-electron chi connectivity index (χ4n) is 4.02. The molecule has 31 heavy (non-hydrogen) atoms. The van der Waals surface area contributed by atoms with E-state index in [1.165, 1.54) is 0 Å². The van der Waals surface area contributed by atoms with E-state index in [-0.39, 0.29) is 6.61 Å². The number of ether oxygens (including phenoxy) is 2. The van der Waals surface area contributed by atoms with Gasteiger partial charge in [0.1, 0.15) is 6.61 Å². The Hall–Kier alpha value is -2.42. The molecular formula is C23H25F3N2O3. The Morgan fingerprint density at radius 1 is 1.06 bits per heavy atom. The molecule has 5 nitrogen and oxygen atoms in total. The van der Waals surface area contributed by atoms with E-state index in [4.69, 9.17) is 9.47 Å². The fourth-order valence-corrected chi connectivity index (χ4v) is 4.02. The highest BCUT2D eigenvalue weighted by Crippen LogP contribution is 2.43. The van der Waals surface area contributed by atoms with Crippen LogP contribution in [0.4, 0.5) is 13.2 Å². The highest BCUT2D eigenvalue weighted by molar-refractivity contribution is 5.76. The van der Waals surface area contributed by atoms with E-state index in [2.05, 4.69) is 10.6 Å². The van der Waals surface area contributed by atoms with E-state index in [9.17, 15) is 18.0 Å². The number of nitrogens with one attached hydrogen (secondary N) is 2. The number of benzene rings is 2. The van der Waals surface area contributed by atoms with Crippen LogP contribution in [-0.2, 0) is 19.8 Å². The van der Waals surface area contributed by atoms with Gasteiger partial charge in [0.05, 0.1) is 11.6 Å². The van der Waals surface area contributed by atoms with Crippen LogP contribution in [0.25, 0.3) is 0 Å². The molecule has 8 heteroatoms. The van der Waals surface area contributed by atoms with Crippen LogP contribution < -0.4 is 10.6 Å². The fraction of sp³-hybridized carbons (Fsp3) is 0.435. The third-order valence-corrected chi connectivity index (χ3v) is 5.78. The molecule has 1 aliphatic heterocycles. The van der Waals surface area contributed by atoms with Crippen molar-refractivity contribution < 1.29 is 27.4 Å². The molecule has 1 saturated heterocycles. The number of hydrogen-bond acceptors (Lipinski definition) is 5. The van der Waals surface area contributed by atoms with Crippen molar-refractivity contribution in [2.75, 3.05) is 13.2 Å². The van der Waals surface area contributed by atoms with Crippen molar-refractivity contribution in [2.24, 2.45) is 5.92 Å². The van der Waals surface area contributed by atoms with Crippen LogP contribution in [0.5, 0.6) is 0 Å². The maximum Gasteiger partial charge on any atom is 0.491 e. The summed E-state index contributed by atoms with van der Waals surface area (Å²) in [6, 6.07) is 18.2. The average molecular weight is 434 g/mol. The molecule has 2 aliphatic rings. The third-order valence-electron chi connectivity index (χ3n) is 5.78. The molecule has 4 rings (SSSR count). The van der Waals surface area contributed by atoms with Gasteiger partial charge in [-0.25, -0.2) is 4.79 Å². The Labute approximate surface area is 178 Å². The normalized spacial score (nSPS) is 28.5. The zero-order valence-electron chi connectivity index (χ0n) is 17.1. The molecule has 1 heterocycles. The quantitative estimate of drug-likeness (QED) is 0.645. The second kappa shape index (κ2) is 8.26. The molecule has 2 aromatic carbocycles. The van der Waals surface area contributed by atoms with Gasteiger partial charge < -0.3 is 9.47 Å². The van der Waals surface area contributed by atoms with Crippen molar-refractivity contribution in [1.82, 2.24) is 10.6 Å². The smallest absolute Gasteiger partial charge is 0.421 e. The first kappa shape index (κ1) is 21.8. The number of halogens is 3. The lowest BCUT2D eigenvalue weighted by Crippen LogP contribution is -2.59. The zero-order valence-corrected chi connectivity index (χ0v) is 17.1. The van der Waals surface area contributed by atoms with Crippen molar-refractivity contribution in [2.45, 2.75) is 43.4 Å². The Bertz CT molecular complexity index is 905. The minimum Gasteiger partial charge on any atom is -0.421 e. The average Bonchev–Trinajstić information content (AvgIpc) is 3.52. The SMILES string of the molecule is CC1(c2ccccc2)NC(COCC2CC2)(OC(=O)C(F)(F)F)NC1c1ccccc1. The van der Waals surface area contributed by atoms with Crippen LogP contribution in [0.2, 0.25) is 0 Å². The topological polar surface area (TPSA) is 59.6 Å². The van der Waals surface area contributed by atoms with Crippen molar-refractivity contribution >= 4 is 5.97 Å². The molecule has 0 aromatic heterocycles. The van der Waals surface area contributed by atoms with Gasteiger partial charge in [0, 0.05) is 6.61 Å². The Morgan fingerprint density at radius 2 is 1.68 bits per heavy atom. The highest BCUT2D eigenvalue weighted by Gasteiger charge is 2.57. The van der Waals surface area contributed by atoms with E-state index in [0.29, 0.717) is 12.5 Å².